The van der Waals surface area contributed by atoms with Gasteiger partial charge in [-0.15, -0.1) is 0 Å². The van der Waals surface area contributed by atoms with E-state index < -0.39 is 0 Å². The van der Waals surface area contributed by atoms with E-state index in [1.807, 2.05) is 24.4 Å². The van der Waals surface area contributed by atoms with Crippen LogP contribution in [0.4, 0.5) is 0 Å². The summed E-state index contributed by atoms with van der Waals surface area (Å²) in [6, 6.07) is 27.8. The van der Waals surface area contributed by atoms with E-state index in [9.17, 15) is 0 Å². The van der Waals surface area contributed by atoms with E-state index in [0.717, 1.165) is 17.7 Å². The van der Waals surface area contributed by atoms with Gasteiger partial charge in [-0.2, -0.15) is 0 Å². The van der Waals surface area contributed by atoms with Gasteiger partial charge in [-0.1, -0.05) is 91.5 Å². The minimum atomic E-state index is 0.906. The Bertz CT molecular complexity index is 1110. The number of nitrogens with zero attached hydrogens (tertiary/aromatic N) is 1. The maximum atomic E-state index is 4.69. The lowest BCUT2D eigenvalue weighted by molar-refractivity contribution is 1.28. The van der Waals surface area contributed by atoms with Crippen LogP contribution in [0.2, 0.25) is 0 Å². The smallest absolute Gasteiger partial charge is 0.0780 e. The first-order valence-electron chi connectivity index (χ1n) is 9.16. The van der Waals surface area contributed by atoms with Gasteiger partial charge in [-0.05, 0) is 40.6 Å². The van der Waals surface area contributed by atoms with E-state index in [2.05, 4.69) is 90.4 Å². The topological polar surface area (TPSA) is 12.9 Å². The van der Waals surface area contributed by atoms with Crippen molar-refractivity contribution < 1.29 is 0 Å². The molecular formula is C26H21N. The Balaban J connectivity index is 1.76. The second kappa shape index (κ2) is 7.84. The van der Waals surface area contributed by atoms with E-state index in [4.69, 9.17) is 0 Å². The van der Waals surface area contributed by atoms with Crippen molar-refractivity contribution in [3.05, 3.63) is 115 Å². The molecule has 0 radical (unpaired) electrons. The molecule has 4 rings (SSSR count). The minimum absolute atomic E-state index is 0.906. The van der Waals surface area contributed by atoms with Gasteiger partial charge in [0, 0.05) is 17.1 Å². The predicted molar refractivity (Wildman–Crippen MR) is 116 cm³/mol. The fourth-order valence-corrected chi connectivity index (χ4v) is 3.36. The molecule has 3 aromatic carbocycles. The lowest BCUT2D eigenvalue weighted by Crippen LogP contribution is -1.89. The monoisotopic (exact) mass is 347 g/mol. The van der Waals surface area contributed by atoms with Crippen LogP contribution in [0.3, 0.4) is 0 Å². The number of hydrogen-bond acceptors (Lipinski definition) is 1. The maximum Gasteiger partial charge on any atom is 0.0780 e. The third kappa shape index (κ3) is 3.73. The summed E-state index contributed by atoms with van der Waals surface area (Å²) in [5.74, 6) is 0. The highest BCUT2D eigenvalue weighted by molar-refractivity contribution is 5.95. The third-order valence-electron chi connectivity index (χ3n) is 4.70. The molecule has 0 amide bonds. The molecule has 0 unspecified atom stereocenters. The molecule has 0 saturated heterocycles. The second-order valence-corrected chi connectivity index (χ2v) is 6.53. The van der Waals surface area contributed by atoms with Gasteiger partial charge in [0.25, 0.3) is 0 Å². The van der Waals surface area contributed by atoms with Crippen LogP contribution in [0.5, 0.6) is 0 Å². The molecule has 0 atom stereocenters. The Kier molecular flexibility index (Phi) is 4.93. The van der Waals surface area contributed by atoms with E-state index in [0.29, 0.717) is 0 Å². The number of aromatic nitrogens is 1. The summed E-state index contributed by atoms with van der Waals surface area (Å²) in [5.41, 5.74) is 5.88. The van der Waals surface area contributed by atoms with Crippen molar-refractivity contribution in [2.24, 2.45) is 0 Å². The zero-order valence-electron chi connectivity index (χ0n) is 15.2. The predicted octanol–water partition coefficient (Wildman–Crippen LogP) is 6.85. The Morgan fingerprint density at radius 2 is 1.59 bits per heavy atom. The van der Waals surface area contributed by atoms with Gasteiger partial charge >= 0.3 is 0 Å². The molecule has 27 heavy (non-hydrogen) atoms. The Hall–Kier alpha value is -3.45. The second-order valence-electron chi connectivity index (χ2n) is 6.53. The van der Waals surface area contributed by atoms with Crippen molar-refractivity contribution >= 4 is 10.8 Å². The summed E-state index contributed by atoms with van der Waals surface area (Å²) < 4.78 is 0. The van der Waals surface area contributed by atoms with Crippen LogP contribution in [-0.4, -0.2) is 4.98 Å². The molecule has 130 valence electrons. The third-order valence-corrected chi connectivity index (χ3v) is 4.70. The first kappa shape index (κ1) is 17.0. The quantitative estimate of drug-likeness (QED) is 0.360. The molecule has 1 aromatic heterocycles. The van der Waals surface area contributed by atoms with Crippen molar-refractivity contribution in [3.63, 3.8) is 0 Å². The Morgan fingerprint density at radius 3 is 2.44 bits per heavy atom. The highest BCUT2D eigenvalue weighted by atomic mass is 14.7. The van der Waals surface area contributed by atoms with Crippen molar-refractivity contribution in [1.29, 1.82) is 0 Å². The standard InChI is InChI=1S/C26H21N/c1-2-3-5-9-20-14-15-25-23(18-20)16-17-27-26(25)24-13-8-12-22(19-24)21-10-6-4-7-11-21/h2-8,10-19H,1,9H2/b5-3-. The lowest BCUT2D eigenvalue weighted by Gasteiger charge is -2.09. The van der Waals surface area contributed by atoms with Crippen LogP contribution in [0.1, 0.15) is 5.56 Å². The molecule has 0 spiro atoms. The molecule has 0 aliphatic carbocycles. The van der Waals surface area contributed by atoms with E-state index >= 15 is 0 Å². The number of rotatable bonds is 5. The fraction of sp³-hybridized carbons (Fsp3) is 0.0385. The van der Waals surface area contributed by atoms with Crippen molar-refractivity contribution in [1.82, 2.24) is 4.98 Å². The van der Waals surface area contributed by atoms with E-state index in [1.165, 1.54) is 27.5 Å². The minimum Gasteiger partial charge on any atom is -0.256 e. The fourth-order valence-electron chi connectivity index (χ4n) is 3.36. The van der Waals surface area contributed by atoms with Crippen LogP contribution >= 0.6 is 0 Å². The molecule has 0 aliphatic heterocycles. The first-order valence-corrected chi connectivity index (χ1v) is 9.16. The largest absolute Gasteiger partial charge is 0.256 e. The van der Waals surface area contributed by atoms with Crippen LogP contribution < -0.4 is 0 Å². The molecular weight excluding hydrogens is 326 g/mol. The molecule has 0 bridgehead atoms. The van der Waals surface area contributed by atoms with Gasteiger partial charge in [0.05, 0.1) is 5.69 Å². The zero-order chi connectivity index (χ0) is 18.5. The number of hydrogen-bond donors (Lipinski definition) is 0. The normalized spacial score (nSPS) is 11.1. The molecule has 1 nitrogen and oxygen atoms in total. The molecule has 1 heteroatoms. The zero-order valence-corrected chi connectivity index (χ0v) is 15.2. The van der Waals surface area contributed by atoms with Crippen LogP contribution in [0.25, 0.3) is 33.2 Å². The molecule has 0 aliphatic rings. The summed E-state index contributed by atoms with van der Waals surface area (Å²) in [6.45, 7) is 3.72. The van der Waals surface area contributed by atoms with E-state index in [-0.39, 0.29) is 0 Å². The van der Waals surface area contributed by atoms with Crippen LogP contribution in [-0.2, 0) is 6.42 Å². The highest BCUT2D eigenvalue weighted by Crippen LogP contribution is 2.30. The molecule has 0 fully saturated rings. The maximum absolute atomic E-state index is 4.69. The lowest BCUT2D eigenvalue weighted by atomic mass is 9.98. The number of pyridine rings is 1. The van der Waals surface area contributed by atoms with Crippen molar-refractivity contribution in [2.45, 2.75) is 6.42 Å². The van der Waals surface area contributed by atoms with Crippen LogP contribution in [0.15, 0.2) is 110 Å². The molecule has 0 N–H and O–H groups in total. The van der Waals surface area contributed by atoms with Gasteiger partial charge in [-0.3, -0.25) is 4.98 Å². The molecule has 0 saturated carbocycles. The summed E-state index contributed by atoms with van der Waals surface area (Å²) in [4.78, 5) is 4.69. The Labute approximate surface area is 160 Å². The van der Waals surface area contributed by atoms with Gasteiger partial charge in [-0.25, -0.2) is 0 Å². The summed E-state index contributed by atoms with van der Waals surface area (Å²) in [6.07, 6.45) is 8.72. The number of fused-ring (bicyclic) bond motifs is 1. The van der Waals surface area contributed by atoms with Crippen molar-refractivity contribution in [3.8, 4) is 22.4 Å². The summed E-state index contributed by atoms with van der Waals surface area (Å²) in [7, 11) is 0. The highest BCUT2D eigenvalue weighted by Gasteiger charge is 2.07. The van der Waals surface area contributed by atoms with Gasteiger partial charge < -0.3 is 0 Å². The van der Waals surface area contributed by atoms with Gasteiger partial charge in [0.15, 0.2) is 0 Å². The summed E-state index contributed by atoms with van der Waals surface area (Å²) >= 11 is 0. The Morgan fingerprint density at radius 1 is 0.778 bits per heavy atom. The number of allylic oxidation sites excluding steroid dienone is 3. The van der Waals surface area contributed by atoms with E-state index in [1.54, 1.807) is 0 Å². The first-order chi connectivity index (χ1) is 13.3. The van der Waals surface area contributed by atoms with Crippen LogP contribution in [0, 0.1) is 0 Å². The SMILES string of the molecule is C=C/C=C\Cc1ccc2c(-c3cccc(-c4ccccc4)c3)nccc2c1. The molecule has 4 aromatic rings. The average molecular weight is 347 g/mol. The van der Waals surface area contributed by atoms with Gasteiger partial charge in [0.1, 0.15) is 0 Å². The average Bonchev–Trinajstić information content (AvgIpc) is 2.74. The number of benzene rings is 3. The summed E-state index contributed by atoms with van der Waals surface area (Å²) in [5, 5.41) is 2.40. The van der Waals surface area contributed by atoms with Crippen molar-refractivity contribution in [2.75, 3.05) is 0 Å². The van der Waals surface area contributed by atoms with Gasteiger partial charge in [0.2, 0.25) is 0 Å². The molecule has 1 heterocycles.